The standard InChI is InChI=1S/C7H12N4.H2O4S/c8-4-1-2-6(9)5(3-4)7(10)11;1-5(2,3)4/h1-3,7H,8-11H2;(H2,1,2,3,4). The minimum absolute atomic E-state index is 0.557. The van der Waals surface area contributed by atoms with E-state index in [-0.39, 0.29) is 0 Å². The SMILES string of the molecule is Nc1ccc(N)c(C(N)N)c1.O=S(=O)(O)O. The molecule has 0 atom stereocenters. The number of anilines is 2. The second-order valence-electron chi connectivity index (χ2n) is 2.86. The molecule has 0 fully saturated rings. The number of nitrogens with two attached hydrogens (primary N) is 4. The molecular formula is C7H14N4O4S. The van der Waals surface area contributed by atoms with E-state index in [9.17, 15) is 0 Å². The van der Waals surface area contributed by atoms with Gasteiger partial charge in [-0.1, -0.05) is 0 Å². The first-order valence-corrected chi connectivity index (χ1v) is 5.37. The van der Waals surface area contributed by atoms with Crippen molar-refractivity contribution in [2.24, 2.45) is 11.5 Å². The van der Waals surface area contributed by atoms with E-state index in [1.54, 1.807) is 18.2 Å². The van der Waals surface area contributed by atoms with Gasteiger partial charge >= 0.3 is 10.4 Å². The summed E-state index contributed by atoms with van der Waals surface area (Å²) in [6.07, 6.45) is -0.557. The van der Waals surface area contributed by atoms with Gasteiger partial charge < -0.3 is 22.9 Å². The zero-order valence-corrected chi connectivity index (χ0v) is 9.05. The van der Waals surface area contributed by atoms with Crippen LogP contribution in [0.1, 0.15) is 11.7 Å². The molecule has 0 spiro atoms. The summed E-state index contributed by atoms with van der Waals surface area (Å²) in [5.41, 5.74) is 23.8. The van der Waals surface area contributed by atoms with Gasteiger partial charge in [0.2, 0.25) is 0 Å². The van der Waals surface area contributed by atoms with Crippen molar-refractivity contribution in [2.75, 3.05) is 11.5 Å². The molecule has 0 aliphatic heterocycles. The normalized spacial score (nSPS) is 10.8. The number of hydrogen-bond acceptors (Lipinski definition) is 6. The molecule has 8 nitrogen and oxygen atoms in total. The van der Waals surface area contributed by atoms with Gasteiger partial charge in [0.15, 0.2) is 0 Å². The summed E-state index contributed by atoms with van der Waals surface area (Å²) in [6.45, 7) is 0. The largest absolute Gasteiger partial charge is 0.399 e. The summed E-state index contributed by atoms with van der Waals surface area (Å²) in [6, 6.07) is 5.08. The summed E-state index contributed by atoms with van der Waals surface area (Å²) >= 11 is 0. The van der Waals surface area contributed by atoms with E-state index < -0.39 is 16.6 Å². The molecule has 0 aliphatic rings. The van der Waals surface area contributed by atoms with Crippen molar-refractivity contribution >= 4 is 21.8 Å². The molecule has 0 amide bonds. The third kappa shape index (κ3) is 6.98. The van der Waals surface area contributed by atoms with Crippen LogP contribution in [-0.4, -0.2) is 17.5 Å². The molecular weight excluding hydrogens is 236 g/mol. The van der Waals surface area contributed by atoms with E-state index in [2.05, 4.69) is 0 Å². The second kappa shape index (κ2) is 5.63. The highest BCUT2D eigenvalue weighted by Crippen LogP contribution is 2.18. The monoisotopic (exact) mass is 250 g/mol. The third-order valence-electron chi connectivity index (χ3n) is 1.47. The predicted octanol–water partition coefficient (Wildman–Crippen LogP) is -0.886. The van der Waals surface area contributed by atoms with E-state index in [4.69, 9.17) is 40.5 Å². The van der Waals surface area contributed by atoms with Crippen LogP contribution in [0.4, 0.5) is 11.4 Å². The zero-order chi connectivity index (χ0) is 12.9. The highest BCUT2D eigenvalue weighted by atomic mass is 32.3. The lowest BCUT2D eigenvalue weighted by atomic mass is 10.1. The van der Waals surface area contributed by atoms with Crippen LogP contribution >= 0.6 is 0 Å². The Morgan fingerprint density at radius 2 is 1.56 bits per heavy atom. The van der Waals surface area contributed by atoms with Gasteiger partial charge in [-0.15, -0.1) is 0 Å². The average molecular weight is 250 g/mol. The van der Waals surface area contributed by atoms with Crippen LogP contribution in [0, 0.1) is 0 Å². The zero-order valence-electron chi connectivity index (χ0n) is 8.24. The minimum atomic E-state index is -4.67. The van der Waals surface area contributed by atoms with Gasteiger partial charge in [0.25, 0.3) is 0 Å². The number of benzene rings is 1. The highest BCUT2D eigenvalue weighted by molar-refractivity contribution is 7.79. The first-order chi connectivity index (χ1) is 7.11. The van der Waals surface area contributed by atoms with Crippen molar-refractivity contribution in [1.29, 1.82) is 0 Å². The van der Waals surface area contributed by atoms with Crippen LogP contribution in [0.2, 0.25) is 0 Å². The molecule has 0 bridgehead atoms. The molecule has 16 heavy (non-hydrogen) atoms. The molecule has 0 unspecified atom stereocenters. The van der Waals surface area contributed by atoms with Crippen molar-refractivity contribution in [2.45, 2.75) is 6.17 Å². The van der Waals surface area contributed by atoms with E-state index in [0.29, 0.717) is 16.9 Å². The van der Waals surface area contributed by atoms with E-state index in [0.717, 1.165) is 0 Å². The van der Waals surface area contributed by atoms with E-state index in [1.807, 2.05) is 0 Å². The lowest BCUT2D eigenvalue weighted by Crippen LogP contribution is -2.21. The van der Waals surface area contributed by atoms with Crippen LogP contribution in [0.5, 0.6) is 0 Å². The van der Waals surface area contributed by atoms with Crippen LogP contribution in [-0.2, 0) is 10.4 Å². The average Bonchev–Trinajstić information content (AvgIpc) is 2.06. The van der Waals surface area contributed by atoms with E-state index >= 15 is 0 Å². The van der Waals surface area contributed by atoms with Crippen LogP contribution in [0.3, 0.4) is 0 Å². The topological polar surface area (TPSA) is 179 Å². The van der Waals surface area contributed by atoms with Gasteiger partial charge in [0, 0.05) is 16.9 Å². The Labute approximate surface area is 92.8 Å². The maximum atomic E-state index is 8.74. The minimum Gasteiger partial charge on any atom is -0.399 e. The maximum absolute atomic E-state index is 8.74. The number of nitrogen functional groups attached to an aromatic ring is 2. The number of rotatable bonds is 1. The Morgan fingerprint density at radius 3 is 1.88 bits per heavy atom. The lowest BCUT2D eigenvalue weighted by Gasteiger charge is -2.09. The Bertz CT molecular complexity index is 438. The van der Waals surface area contributed by atoms with E-state index in [1.165, 1.54) is 0 Å². The Balaban J connectivity index is 0.000000385. The summed E-state index contributed by atoms with van der Waals surface area (Å²) in [4.78, 5) is 0. The third-order valence-corrected chi connectivity index (χ3v) is 1.47. The summed E-state index contributed by atoms with van der Waals surface area (Å²) < 4.78 is 31.6. The summed E-state index contributed by atoms with van der Waals surface area (Å²) in [5.74, 6) is 0. The molecule has 0 radical (unpaired) electrons. The van der Waals surface area contributed by atoms with Crippen molar-refractivity contribution in [3.63, 3.8) is 0 Å². The molecule has 0 saturated carbocycles. The first kappa shape index (κ1) is 14.6. The molecule has 0 aliphatic carbocycles. The molecule has 0 saturated heterocycles. The van der Waals surface area contributed by atoms with Gasteiger partial charge in [-0.25, -0.2) is 0 Å². The smallest absolute Gasteiger partial charge is 0.394 e. The van der Waals surface area contributed by atoms with Gasteiger partial charge in [-0.05, 0) is 18.2 Å². The maximum Gasteiger partial charge on any atom is 0.394 e. The number of hydrogen-bond donors (Lipinski definition) is 6. The second-order valence-corrected chi connectivity index (χ2v) is 3.76. The van der Waals surface area contributed by atoms with Crippen LogP contribution in [0.15, 0.2) is 18.2 Å². The van der Waals surface area contributed by atoms with Crippen LogP contribution < -0.4 is 22.9 Å². The van der Waals surface area contributed by atoms with Gasteiger partial charge in [0.1, 0.15) is 0 Å². The quantitative estimate of drug-likeness (QED) is 0.211. The predicted molar refractivity (Wildman–Crippen MR) is 60.6 cm³/mol. The Hall–Kier alpha value is -1.39. The molecule has 1 aromatic rings. The summed E-state index contributed by atoms with van der Waals surface area (Å²) in [5, 5.41) is 0. The Morgan fingerprint density at radius 1 is 1.12 bits per heavy atom. The van der Waals surface area contributed by atoms with Gasteiger partial charge in [-0.3, -0.25) is 9.11 Å². The van der Waals surface area contributed by atoms with Crippen molar-refractivity contribution in [3.8, 4) is 0 Å². The van der Waals surface area contributed by atoms with Crippen LogP contribution in [0.25, 0.3) is 0 Å². The van der Waals surface area contributed by atoms with Crippen molar-refractivity contribution in [1.82, 2.24) is 0 Å². The van der Waals surface area contributed by atoms with Gasteiger partial charge in [-0.2, -0.15) is 8.42 Å². The van der Waals surface area contributed by atoms with Crippen molar-refractivity contribution < 1.29 is 17.5 Å². The molecule has 92 valence electrons. The van der Waals surface area contributed by atoms with Gasteiger partial charge in [0.05, 0.1) is 6.17 Å². The Kier molecular flexibility index (Phi) is 5.14. The molecule has 1 rings (SSSR count). The fourth-order valence-corrected chi connectivity index (χ4v) is 0.882. The lowest BCUT2D eigenvalue weighted by molar-refractivity contribution is 0.381. The summed E-state index contributed by atoms with van der Waals surface area (Å²) in [7, 11) is -4.67. The molecule has 0 heterocycles. The highest BCUT2D eigenvalue weighted by Gasteiger charge is 2.03. The fourth-order valence-electron chi connectivity index (χ4n) is 0.882. The first-order valence-electron chi connectivity index (χ1n) is 3.97. The van der Waals surface area contributed by atoms with Crippen molar-refractivity contribution in [3.05, 3.63) is 23.8 Å². The molecule has 9 heteroatoms. The fraction of sp³-hybridized carbons (Fsp3) is 0.143. The molecule has 0 aromatic heterocycles. The molecule has 10 N–H and O–H groups in total. The molecule has 1 aromatic carbocycles.